The Hall–Kier alpha value is 0.420. The molecule has 1 atom stereocenters. The van der Waals surface area contributed by atoms with Crippen LogP contribution in [-0.2, 0) is 0 Å². The van der Waals surface area contributed by atoms with Crippen LogP contribution in [0.2, 0.25) is 10.0 Å². The van der Waals surface area contributed by atoms with Gasteiger partial charge in [-0.15, -0.1) is 11.3 Å². The van der Waals surface area contributed by atoms with Gasteiger partial charge in [0.05, 0.1) is 9.83 Å². The van der Waals surface area contributed by atoms with Crippen LogP contribution in [0.15, 0.2) is 32.5 Å². The predicted octanol–water partition coefficient (Wildman–Crippen LogP) is 5.63. The van der Waals surface area contributed by atoms with E-state index in [4.69, 9.17) is 28.9 Å². The van der Waals surface area contributed by atoms with E-state index >= 15 is 0 Å². The van der Waals surface area contributed by atoms with Crippen molar-refractivity contribution in [2.45, 2.75) is 6.04 Å². The van der Waals surface area contributed by atoms with Crippen molar-refractivity contribution in [1.82, 2.24) is 0 Å². The molecule has 0 fully saturated rings. The summed E-state index contributed by atoms with van der Waals surface area (Å²) in [6.07, 6.45) is 0. The highest BCUT2D eigenvalue weighted by molar-refractivity contribution is 9.13. The van der Waals surface area contributed by atoms with E-state index in [1.54, 1.807) is 17.4 Å². The van der Waals surface area contributed by atoms with Crippen LogP contribution in [0.25, 0.3) is 0 Å². The Kier molecular flexibility index (Phi) is 4.55. The van der Waals surface area contributed by atoms with Gasteiger partial charge in [0.2, 0.25) is 0 Å². The van der Waals surface area contributed by atoms with E-state index in [-0.39, 0.29) is 6.04 Å². The first-order valence-corrected chi connectivity index (χ1v) is 7.79. The van der Waals surface area contributed by atoms with E-state index in [1.807, 2.05) is 18.2 Å². The van der Waals surface area contributed by atoms with E-state index in [1.165, 1.54) is 0 Å². The molecule has 1 heterocycles. The molecule has 0 aliphatic carbocycles. The summed E-state index contributed by atoms with van der Waals surface area (Å²) in [5, 5.41) is 1.19. The van der Waals surface area contributed by atoms with E-state index in [9.17, 15) is 0 Å². The van der Waals surface area contributed by atoms with Gasteiger partial charge in [-0.3, -0.25) is 0 Å². The second-order valence-electron chi connectivity index (χ2n) is 3.45. The highest BCUT2D eigenvalue weighted by Gasteiger charge is 2.14. The van der Waals surface area contributed by atoms with Gasteiger partial charge in [0, 0.05) is 19.4 Å². The lowest BCUT2D eigenvalue weighted by Crippen LogP contribution is -2.10. The van der Waals surface area contributed by atoms with Gasteiger partial charge in [0.1, 0.15) is 0 Å². The molecule has 17 heavy (non-hydrogen) atoms. The van der Waals surface area contributed by atoms with Crippen molar-refractivity contribution in [3.63, 3.8) is 0 Å². The third-order valence-corrected chi connectivity index (χ3v) is 5.99. The second-order valence-corrected chi connectivity index (χ2v) is 7.58. The van der Waals surface area contributed by atoms with Crippen LogP contribution in [0.5, 0.6) is 0 Å². The Morgan fingerprint density at radius 1 is 1.06 bits per heavy atom. The van der Waals surface area contributed by atoms with Crippen LogP contribution in [-0.4, -0.2) is 0 Å². The zero-order valence-corrected chi connectivity index (χ0v) is 13.9. The van der Waals surface area contributed by atoms with Gasteiger partial charge in [-0.05, 0) is 61.7 Å². The van der Waals surface area contributed by atoms with Crippen molar-refractivity contribution in [3.05, 3.63) is 53.0 Å². The molecule has 0 saturated carbocycles. The normalized spacial score (nSPS) is 12.8. The maximum Gasteiger partial charge on any atom is 0.0843 e. The summed E-state index contributed by atoms with van der Waals surface area (Å²) in [5.74, 6) is 0. The Morgan fingerprint density at radius 2 is 1.65 bits per heavy atom. The first kappa shape index (κ1) is 13.8. The Morgan fingerprint density at radius 3 is 2.12 bits per heavy atom. The quantitative estimate of drug-likeness (QED) is 0.676. The Balaban J connectivity index is 2.39. The molecule has 0 saturated heterocycles. The average Bonchev–Trinajstić information content (AvgIpc) is 2.57. The molecule has 1 aromatic carbocycles. The fourth-order valence-electron chi connectivity index (χ4n) is 1.44. The number of rotatable bonds is 2. The van der Waals surface area contributed by atoms with Crippen molar-refractivity contribution >= 4 is 66.4 Å². The third kappa shape index (κ3) is 3.25. The molecule has 0 amide bonds. The fraction of sp³-hybridized carbons (Fsp3) is 0.0909. The van der Waals surface area contributed by atoms with Crippen LogP contribution >= 0.6 is 66.4 Å². The first-order chi connectivity index (χ1) is 7.97. The van der Waals surface area contributed by atoms with Gasteiger partial charge in [0.25, 0.3) is 0 Å². The number of hydrogen-bond acceptors (Lipinski definition) is 2. The average molecular weight is 416 g/mol. The zero-order chi connectivity index (χ0) is 12.6. The smallest absolute Gasteiger partial charge is 0.0843 e. The van der Waals surface area contributed by atoms with Gasteiger partial charge in [-0.2, -0.15) is 0 Å². The molecule has 0 spiro atoms. The highest BCUT2D eigenvalue weighted by atomic mass is 79.9. The molecular formula is C11H7Br2Cl2NS. The molecule has 2 aromatic rings. The number of thiophene rings is 1. The van der Waals surface area contributed by atoms with Crippen LogP contribution in [0.1, 0.15) is 16.5 Å². The summed E-state index contributed by atoms with van der Waals surface area (Å²) in [6.45, 7) is 0. The van der Waals surface area contributed by atoms with Crippen molar-refractivity contribution in [1.29, 1.82) is 0 Å². The van der Waals surface area contributed by atoms with Crippen LogP contribution in [0, 0.1) is 0 Å². The summed E-state index contributed by atoms with van der Waals surface area (Å²) in [6, 6.07) is 7.13. The highest BCUT2D eigenvalue weighted by Crippen LogP contribution is 2.37. The lowest BCUT2D eigenvalue weighted by molar-refractivity contribution is 0.893. The monoisotopic (exact) mass is 413 g/mol. The Labute approximate surface area is 130 Å². The minimum absolute atomic E-state index is 0.223. The molecule has 1 aromatic heterocycles. The molecule has 0 radical (unpaired) electrons. The van der Waals surface area contributed by atoms with Gasteiger partial charge < -0.3 is 5.73 Å². The topological polar surface area (TPSA) is 26.0 Å². The number of hydrogen-bond donors (Lipinski definition) is 1. The lowest BCUT2D eigenvalue weighted by atomic mass is 10.1. The maximum absolute atomic E-state index is 6.19. The number of benzene rings is 1. The molecule has 0 bridgehead atoms. The van der Waals surface area contributed by atoms with E-state index in [0.717, 1.165) is 18.7 Å². The molecule has 1 nitrogen and oxygen atoms in total. The molecule has 6 heteroatoms. The van der Waals surface area contributed by atoms with Crippen molar-refractivity contribution in [3.8, 4) is 0 Å². The summed E-state index contributed by atoms with van der Waals surface area (Å²) in [7, 11) is 0. The zero-order valence-electron chi connectivity index (χ0n) is 8.38. The van der Waals surface area contributed by atoms with Gasteiger partial charge in [-0.1, -0.05) is 23.2 Å². The van der Waals surface area contributed by atoms with Crippen LogP contribution < -0.4 is 5.73 Å². The largest absolute Gasteiger partial charge is 0.320 e. The summed E-state index contributed by atoms with van der Waals surface area (Å²) < 4.78 is 2.03. The first-order valence-electron chi connectivity index (χ1n) is 4.63. The molecule has 2 N–H and O–H groups in total. The molecule has 0 aliphatic rings. The number of nitrogens with two attached hydrogens (primary N) is 1. The van der Waals surface area contributed by atoms with E-state index in [0.29, 0.717) is 10.0 Å². The minimum Gasteiger partial charge on any atom is -0.320 e. The van der Waals surface area contributed by atoms with Crippen molar-refractivity contribution < 1.29 is 0 Å². The second kappa shape index (κ2) is 5.59. The minimum atomic E-state index is -0.223. The van der Waals surface area contributed by atoms with Gasteiger partial charge in [-0.25, -0.2) is 0 Å². The summed E-state index contributed by atoms with van der Waals surface area (Å²) >= 11 is 20.4. The SMILES string of the molecule is NC(c1cc(Cl)cc(Cl)c1)c1cc(Br)c(Br)s1. The van der Waals surface area contributed by atoms with E-state index in [2.05, 4.69) is 31.9 Å². The van der Waals surface area contributed by atoms with Crippen LogP contribution in [0.3, 0.4) is 0 Å². The van der Waals surface area contributed by atoms with Crippen molar-refractivity contribution in [2.75, 3.05) is 0 Å². The standard InChI is InChI=1S/C11H7Br2Cl2NS/c12-8-4-9(17-11(8)13)10(16)5-1-6(14)3-7(15)2-5/h1-4,10H,16H2. The Bertz CT molecular complexity index is 517. The van der Waals surface area contributed by atoms with Crippen LogP contribution in [0.4, 0.5) is 0 Å². The van der Waals surface area contributed by atoms with Gasteiger partial charge >= 0.3 is 0 Å². The summed E-state index contributed by atoms with van der Waals surface area (Å²) in [5.41, 5.74) is 7.09. The predicted molar refractivity (Wildman–Crippen MR) is 82.2 cm³/mol. The van der Waals surface area contributed by atoms with Crippen molar-refractivity contribution in [2.24, 2.45) is 5.73 Å². The third-order valence-electron chi connectivity index (χ3n) is 2.21. The fourth-order valence-corrected chi connectivity index (χ4v) is 4.10. The molecule has 90 valence electrons. The molecular weight excluding hydrogens is 409 g/mol. The maximum atomic E-state index is 6.19. The molecule has 2 rings (SSSR count). The molecule has 1 unspecified atom stereocenters. The van der Waals surface area contributed by atoms with Gasteiger partial charge in [0.15, 0.2) is 0 Å². The number of halogens is 4. The molecule has 0 aliphatic heterocycles. The summed E-state index contributed by atoms with van der Waals surface area (Å²) in [4.78, 5) is 1.04. The van der Waals surface area contributed by atoms with E-state index < -0.39 is 0 Å². The lowest BCUT2D eigenvalue weighted by Gasteiger charge is -2.10.